The van der Waals surface area contributed by atoms with E-state index in [1.807, 2.05) is 0 Å². The first kappa shape index (κ1) is 29.0. The topological polar surface area (TPSA) is 282 Å². The highest BCUT2D eigenvalue weighted by Gasteiger charge is 2.75. The van der Waals surface area contributed by atoms with Crippen LogP contribution in [0.15, 0.2) is 23.8 Å². The molecule has 1 saturated heterocycles. The van der Waals surface area contributed by atoms with Crippen molar-refractivity contribution >= 4 is 49.9 Å². The molecule has 0 radical (unpaired) electrons. The summed E-state index contributed by atoms with van der Waals surface area (Å²) in [6, 6.07) is -0.894. The first-order valence-corrected chi connectivity index (χ1v) is 16.9. The van der Waals surface area contributed by atoms with Crippen LogP contribution in [0.1, 0.15) is 19.4 Å². The molecule has 21 heteroatoms. The first-order valence-electron chi connectivity index (χ1n) is 14.2. The number of nitrogens with one attached hydrogen (secondary N) is 1. The number of nitrogen functional groups attached to an aromatic ring is 2. The molecule has 8 rings (SSSR count). The minimum absolute atomic E-state index is 0.0206. The van der Waals surface area contributed by atoms with Crippen LogP contribution >= 0.6 is 15.9 Å². The zero-order chi connectivity index (χ0) is 31.6. The molecule has 12 atom stereocenters. The van der Waals surface area contributed by atoms with Crippen molar-refractivity contribution in [1.29, 1.82) is 0 Å². The van der Waals surface area contributed by atoms with Crippen LogP contribution in [-0.2, 0) is 28.2 Å². The summed E-state index contributed by atoms with van der Waals surface area (Å²) in [6.07, 6.45) is 0.722. The minimum Gasteiger partial charge on any atom is -0.390 e. The Hall–Kier alpha value is -3.41. The molecule has 45 heavy (non-hydrogen) atoms. The van der Waals surface area contributed by atoms with Gasteiger partial charge in [0.05, 0.1) is 42.6 Å². The zero-order valence-electron chi connectivity index (χ0n) is 23.5. The molecule has 8 N–H and O–H groups in total. The highest BCUT2D eigenvalue weighted by molar-refractivity contribution is 7.53. The van der Waals surface area contributed by atoms with Crippen molar-refractivity contribution in [3.05, 3.63) is 29.3 Å². The summed E-state index contributed by atoms with van der Waals surface area (Å²) in [6.45, 7) is 1.04. The lowest BCUT2D eigenvalue weighted by Gasteiger charge is -2.27. The van der Waals surface area contributed by atoms with Crippen LogP contribution in [0.5, 0.6) is 0 Å². The number of aliphatic hydroxyl groups excluding tert-OH is 2. The van der Waals surface area contributed by atoms with Crippen molar-refractivity contribution in [2.75, 3.05) is 24.7 Å². The quantitative estimate of drug-likeness (QED) is 0.149. The SMILES string of the molecule is CC1C2CO[P+](=O)OC3C(COP(=O)(O)C2C(O)C1n1cnc2c(=O)[nH]c(N)nc21)C1CC1(n1cnc2c(N)ncnc21)C3O. The lowest BCUT2D eigenvalue weighted by atomic mass is 9.96. The largest absolute Gasteiger partial charge is 0.697 e. The number of hydrogen-bond donors (Lipinski definition) is 6. The van der Waals surface area contributed by atoms with Crippen LogP contribution in [0.3, 0.4) is 0 Å². The lowest BCUT2D eigenvalue weighted by molar-refractivity contribution is -0.0144. The normalized spacial score (nSPS) is 40.6. The van der Waals surface area contributed by atoms with E-state index in [4.69, 9.17) is 25.0 Å². The summed E-state index contributed by atoms with van der Waals surface area (Å²) >= 11 is 0. The Kier molecular flexibility index (Phi) is 6.32. The summed E-state index contributed by atoms with van der Waals surface area (Å²) < 4.78 is 47.5. The molecule has 0 amide bonds. The third-order valence-electron chi connectivity index (χ3n) is 10.1. The van der Waals surface area contributed by atoms with Gasteiger partial charge in [-0.3, -0.25) is 14.3 Å². The fourth-order valence-electron chi connectivity index (χ4n) is 7.98. The maximum absolute atomic E-state index is 14.0. The monoisotopic (exact) mass is 663 g/mol. The summed E-state index contributed by atoms with van der Waals surface area (Å²) in [5, 5.41) is 23.2. The van der Waals surface area contributed by atoms with E-state index in [2.05, 4.69) is 29.9 Å². The maximum Gasteiger partial charge on any atom is 0.697 e. The van der Waals surface area contributed by atoms with Gasteiger partial charge < -0.3 is 40.2 Å². The Morgan fingerprint density at radius 2 is 1.89 bits per heavy atom. The minimum atomic E-state index is -4.63. The number of nitrogens with zero attached hydrogens (tertiary/aromatic N) is 7. The Balaban J connectivity index is 1.13. The number of rotatable bonds is 2. The van der Waals surface area contributed by atoms with Crippen molar-refractivity contribution in [2.24, 2.45) is 23.7 Å². The summed E-state index contributed by atoms with van der Waals surface area (Å²) in [4.78, 5) is 47.0. The summed E-state index contributed by atoms with van der Waals surface area (Å²) in [7, 11) is -7.45. The number of anilines is 2. The highest BCUT2D eigenvalue weighted by atomic mass is 31.2. The third kappa shape index (κ3) is 4.02. The van der Waals surface area contributed by atoms with Crippen LogP contribution in [0.2, 0.25) is 0 Å². The fraction of sp³-hybridized carbons (Fsp3) is 0.583. The number of hydrogen-bond acceptors (Lipinski definition) is 15. The van der Waals surface area contributed by atoms with Crippen LogP contribution in [0.25, 0.3) is 22.3 Å². The van der Waals surface area contributed by atoms with E-state index < -0.39 is 74.7 Å². The number of nitrogens with two attached hydrogens (primary N) is 2. The van der Waals surface area contributed by atoms with E-state index in [0.29, 0.717) is 17.6 Å². The highest BCUT2D eigenvalue weighted by Crippen LogP contribution is 2.68. The van der Waals surface area contributed by atoms with E-state index >= 15 is 0 Å². The molecule has 1 aliphatic heterocycles. The summed E-state index contributed by atoms with van der Waals surface area (Å²) in [5.41, 5.74) is 9.59. The van der Waals surface area contributed by atoms with Crippen molar-refractivity contribution in [1.82, 2.24) is 39.0 Å². The van der Waals surface area contributed by atoms with Crippen molar-refractivity contribution in [3.63, 3.8) is 0 Å². The number of H-pyrrole nitrogens is 1. The van der Waals surface area contributed by atoms with Gasteiger partial charge >= 0.3 is 15.9 Å². The van der Waals surface area contributed by atoms with Gasteiger partial charge in [-0.1, -0.05) is 6.92 Å². The Morgan fingerprint density at radius 3 is 2.69 bits per heavy atom. The average Bonchev–Trinajstić information content (AvgIpc) is 3.22. The van der Waals surface area contributed by atoms with Crippen molar-refractivity contribution < 1.29 is 37.8 Å². The van der Waals surface area contributed by atoms with Gasteiger partial charge in [-0.05, 0) is 18.3 Å². The molecule has 4 aromatic heterocycles. The second-order valence-electron chi connectivity index (χ2n) is 12.2. The zero-order valence-corrected chi connectivity index (χ0v) is 25.3. The Labute approximate surface area is 253 Å². The Morgan fingerprint density at radius 1 is 1.11 bits per heavy atom. The molecule has 4 aromatic rings. The second-order valence-corrected chi connectivity index (χ2v) is 15.1. The number of aromatic nitrogens is 8. The molecule has 0 spiro atoms. The van der Waals surface area contributed by atoms with E-state index in [1.165, 1.54) is 23.5 Å². The maximum atomic E-state index is 14.0. The number of aliphatic hydroxyl groups is 2. The molecule has 0 bridgehead atoms. The van der Waals surface area contributed by atoms with E-state index in [9.17, 15) is 29.0 Å². The van der Waals surface area contributed by atoms with E-state index in [0.717, 1.165) is 0 Å². The molecule has 4 aliphatic rings. The summed E-state index contributed by atoms with van der Waals surface area (Å²) in [5.74, 6) is -2.44. The molecule has 4 fully saturated rings. The van der Waals surface area contributed by atoms with E-state index in [-0.39, 0.29) is 42.1 Å². The first-order chi connectivity index (χ1) is 21.4. The van der Waals surface area contributed by atoms with Gasteiger partial charge in [0.25, 0.3) is 5.56 Å². The predicted octanol–water partition coefficient (Wildman–Crippen LogP) is -0.359. The smallest absolute Gasteiger partial charge is 0.390 e. The number of aromatic amines is 1. The van der Waals surface area contributed by atoms with Gasteiger partial charge in [0.2, 0.25) is 5.95 Å². The van der Waals surface area contributed by atoms with Gasteiger partial charge in [-0.15, -0.1) is 9.05 Å². The van der Waals surface area contributed by atoms with Gasteiger partial charge in [0, 0.05) is 16.4 Å². The predicted molar refractivity (Wildman–Crippen MR) is 154 cm³/mol. The molecular formula is C24H29N10O9P2+. The van der Waals surface area contributed by atoms with Crippen LogP contribution in [0.4, 0.5) is 11.8 Å². The van der Waals surface area contributed by atoms with Crippen molar-refractivity contribution in [2.45, 2.75) is 48.9 Å². The van der Waals surface area contributed by atoms with Crippen LogP contribution < -0.4 is 17.0 Å². The number of fused-ring (bicyclic) bond motifs is 6. The molecule has 238 valence electrons. The van der Waals surface area contributed by atoms with Gasteiger partial charge in [-0.2, -0.15) is 4.98 Å². The molecule has 12 unspecified atom stereocenters. The molecular weight excluding hydrogens is 634 g/mol. The van der Waals surface area contributed by atoms with Gasteiger partial charge in [-0.25, -0.2) is 19.9 Å². The standard InChI is InChI=1S/C24H28N10O9P2/c1-8-9-3-41-44(38)43-16-10(11-2-24(11,18(16)36)34-7-30-12-19(25)27-5-28-20(12)34)4-42-45(39,40)17(9)15(35)14(8)33-6-29-13-21(33)31-23(26)32-22(13)37/h5-11,14-18,35-36H,2-4H2,1H3,(H5-,25,26,27,28,31,32,37,39,40)/p+1. The molecule has 3 aliphatic carbocycles. The van der Waals surface area contributed by atoms with Gasteiger partial charge in [0.1, 0.15) is 30.7 Å². The number of imidazole rings is 2. The third-order valence-corrected chi connectivity index (χ3v) is 12.9. The fourth-order valence-corrected chi connectivity index (χ4v) is 10.8. The molecule has 19 nitrogen and oxygen atoms in total. The molecule has 5 heterocycles. The molecule has 3 saturated carbocycles. The van der Waals surface area contributed by atoms with Crippen LogP contribution in [0, 0.1) is 23.7 Å². The average molecular weight is 664 g/mol. The van der Waals surface area contributed by atoms with Crippen LogP contribution in [-0.4, -0.2) is 91.3 Å². The van der Waals surface area contributed by atoms with E-state index in [1.54, 1.807) is 11.5 Å². The lowest BCUT2D eigenvalue weighted by Crippen LogP contribution is -2.40. The van der Waals surface area contributed by atoms with Crippen molar-refractivity contribution in [3.8, 4) is 0 Å². The Bertz CT molecular complexity index is 1990. The second kappa shape index (κ2) is 9.80. The van der Waals surface area contributed by atoms with Gasteiger partial charge in [0.15, 0.2) is 22.6 Å². The molecule has 0 aromatic carbocycles.